The van der Waals surface area contributed by atoms with E-state index < -0.39 is 0 Å². The van der Waals surface area contributed by atoms with E-state index in [9.17, 15) is 4.79 Å². The zero-order valence-corrected chi connectivity index (χ0v) is 21.3. The van der Waals surface area contributed by atoms with E-state index in [0.29, 0.717) is 5.75 Å². The van der Waals surface area contributed by atoms with Gasteiger partial charge in [-0.25, -0.2) is 0 Å². The number of hydrogen-bond donors (Lipinski definition) is 1. The number of ether oxygens (including phenoxy) is 1. The SMILES string of the molecule is CO[C@@H]1[C@@H](NC(=O)CSC)c2ccccc2C12CCN(Cc1ccc(N3CCCC3)cc1)CC2. The van der Waals surface area contributed by atoms with Crippen molar-refractivity contribution in [2.45, 2.75) is 49.8 Å². The Labute approximate surface area is 208 Å². The van der Waals surface area contributed by atoms with Gasteiger partial charge in [0.15, 0.2) is 0 Å². The molecule has 2 fully saturated rings. The second-order valence-electron chi connectivity index (χ2n) is 10.0. The molecule has 6 heteroatoms. The zero-order valence-electron chi connectivity index (χ0n) is 20.5. The first-order valence-corrected chi connectivity index (χ1v) is 14.0. The Morgan fingerprint density at radius 1 is 1.06 bits per heavy atom. The maximum atomic E-state index is 12.5. The number of nitrogens with zero attached hydrogens (tertiary/aromatic N) is 2. The van der Waals surface area contributed by atoms with Crippen LogP contribution in [0.25, 0.3) is 0 Å². The van der Waals surface area contributed by atoms with Crippen LogP contribution in [0.5, 0.6) is 0 Å². The molecule has 2 atom stereocenters. The van der Waals surface area contributed by atoms with E-state index in [-0.39, 0.29) is 23.5 Å². The molecule has 3 aliphatic rings. The predicted octanol–water partition coefficient (Wildman–Crippen LogP) is 4.37. The molecule has 2 aliphatic heterocycles. The van der Waals surface area contributed by atoms with Crippen molar-refractivity contribution in [1.29, 1.82) is 0 Å². The first-order valence-electron chi connectivity index (χ1n) is 12.6. The van der Waals surface area contributed by atoms with E-state index in [1.54, 1.807) is 18.9 Å². The van der Waals surface area contributed by atoms with Gasteiger partial charge in [-0.1, -0.05) is 36.4 Å². The zero-order chi connectivity index (χ0) is 23.5. The minimum Gasteiger partial charge on any atom is -0.378 e. The summed E-state index contributed by atoms with van der Waals surface area (Å²) in [7, 11) is 1.81. The Morgan fingerprint density at radius 2 is 1.76 bits per heavy atom. The maximum Gasteiger partial charge on any atom is 0.230 e. The summed E-state index contributed by atoms with van der Waals surface area (Å²) in [5.74, 6) is 0.563. The van der Waals surface area contributed by atoms with Crippen molar-refractivity contribution in [3.8, 4) is 0 Å². The largest absolute Gasteiger partial charge is 0.378 e. The standard InChI is InChI=1S/C28H37N3O2S/c1-33-27-26(29-25(32)20-34-2)23-7-3-4-8-24(23)28(27)13-17-30(18-14-28)19-21-9-11-22(12-10-21)31-15-5-6-16-31/h3-4,7-12,26-27H,5-6,13-20H2,1-2H3,(H,29,32)/t26-,27+/m0/s1. The van der Waals surface area contributed by atoms with Crippen LogP contribution in [0, 0.1) is 0 Å². The van der Waals surface area contributed by atoms with Crippen molar-refractivity contribution in [2.24, 2.45) is 0 Å². The summed E-state index contributed by atoms with van der Waals surface area (Å²) in [5, 5.41) is 3.29. The van der Waals surface area contributed by atoms with Gasteiger partial charge >= 0.3 is 0 Å². The van der Waals surface area contributed by atoms with Gasteiger partial charge in [0.1, 0.15) is 0 Å². The van der Waals surface area contributed by atoms with Crippen LogP contribution in [0.15, 0.2) is 48.5 Å². The number of nitrogens with one attached hydrogen (secondary N) is 1. The number of piperidine rings is 1. The number of methoxy groups -OCH3 is 1. The molecule has 5 rings (SSSR count). The van der Waals surface area contributed by atoms with Gasteiger partial charge in [0.25, 0.3) is 0 Å². The highest BCUT2D eigenvalue weighted by atomic mass is 32.2. The number of carbonyl (C=O) groups excluding carboxylic acids is 1. The van der Waals surface area contributed by atoms with Crippen molar-refractivity contribution in [2.75, 3.05) is 50.2 Å². The highest BCUT2D eigenvalue weighted by Crippen LogP contribution is 2.52. The number of likely N-dealkylation sites (tertiary alicyclic amines) is 1. The fraction of sp³-hybridized carbons (Fsp3) is 0.536. The third kappa shape index (κ3) is 4.48. The van der Waals surface area contributed by atoms with Crippen molar-refractivity contribution in [1.82, 2.24) is 10.2 Å². The monoisotopic (exact) mass is 479 g/mol. The first kappa shape index (κ1) is 23.7. The molecule has 1 spiro atoms. The summed E-state index contributed by atoms with van der Waals surface area (Å²) in [6.07, 6.45) is 6.65. The second kappa shape index (κ2) is 10.3. The Kier molecular flexibility index (Phi) is 7.19. The van der Waals surface area contributed by atoms with Crippen LogP contribution in [0.4, 0.5) is 5.69 Å². The van der Waals surface area contributed by atoms with Crippen LogP contribution in [0.1, 0.15) is 48.4 Å². The lowest BCUT2D eigenvalue weighted by Gasteiger charge is -2.44. The van der Waals surface area contributed by atoms with Gasteiger partial charge in [-0.15, -0.1) is 0 Å². The van der Waals surface area contributed by atoms with Gasteiger partial charge < -0.3 is 15.0 Å². The molecule has 0 bridgehead atoms. The molecule has 1 aliphatic carbocycles. The van der Waals surface area contributed by atoms with Gasteiger partial charge in [0, 0.05) is 37.8 Å². The van der Waals surface area contributed by atoms with Crippen molar-refractivity contribution in [3.63, 3.8) is 0 Å². The summed E-state index contributed by atoms with van der Waals surface area (Å²) in [6, 6.07) is 17.8. The number of carbonyl (C=O) groups is 1. The van der Waals surface area contributed by atoms with Gasteiger partial charge in [-0.3, -0.25) is 9.69 Å². The van der Waals surface area contributed by atoms with Crippen LogP contribution in [0.2, 0.25) is 0 Å². The van der Waals surface area contributed by atoms with Gasteiger partial charge in [0.2, 0.25) is 5.91 Å². The Balaban J connectivity index is 1.28. The summed E-state index contributed by atoms with van der Waals surface area (Å²) in [4.78, 5) is 17.6. The number of fused-ring (bicyclic) bond motifs is 2. The van der Waals surface area contributed by atoms with Crippen LogP contribution in [0.3, 0.4) is 0 Å². The number of benzene rings is 2. The molecule has 2 saturated heterocycles. The molecular formula is C28H37N3O2S. The molecule has 0 unspecified atom stereocenters. The molecule has 182 valence electrons. The van der Waals surface area contributed by atoms with Gasteiger partial charge in [-0.2, -0.15) is 11.8 Å². The van der Waals surface area contributed by atoms with Crippen LogP contribution < -0.4 is 10.2 Å². The van der Waals surface area contributed by atoms with Gasteiger partial charge in [0.05, 0.1) is 17.9 Å². The molecule has 5 nitrogen and oxygen atoms in total. The van der Waals surface area contributed by atoms with Crippen LogP contribution >= 0.6 is 11.8 Å². The van der Waals surface area contributed by atoms with Gasteiger partial charge in [-0.05, 0) is 73.9 Å². The lowest BCUT2D eigenvalue weighted by molar-refractivity contribution is -0.121. The van der Waals surface area contributed by atoms with E-state index in [4.69, 9.17) is 4.74 Å². The fourth-order valence-corrected chi connectivity index (χ4v) is 6.77. The van der Waals surface area contributed by atoms with E-state index >= 15 is 0 Å². The lowest BCUT2D eigenvalue weighted by atomic mass is 9.72. The summed E-state index contributed by atoms with van der Waals surface area (Å²) < 4.78 is 6.15. The third-order valence-corrected chi connectivity index (χ3v) is 8.64. The number of thioether (sulfide) groups is 1. The molecule has 2 aromatic rings. The van der Waals surface area contributed by atoms with Crippen LogP contribution in [-0.4, -0.2) is 62.2 Å². The fourth-order valence-electron chi connectivity index (χ4n) is 6.43. The molecule has 0 saturated carbocycles. The van der Waals surface area contributed by atoms with E-state index in [0.717, 1.165) is 32.5 Å². The molecule has 2 heterocycles. The third-order valence-electron chi connectivity index (χ3n) is 8.09. The molecule has 0 radical (unpaired) electrons. The number of anilines is 1. The molecule has 34 heavy (non-hydrogen) atoms. The average molecular weight is 480 g/mol. The summed E-state index contributed by atoms with van der Waals surface area (Å²) in [6.45, 7) is 5.44. The average Bonchev–Trinajstić information content (AvgIpc) is 3.48. The Bertz CT molecular complexity index is 981. The predicted molar refractivity (Wildman–Crippen MR) is 141 cm³/mol. The quantitative estimate of drug-likeness (QED) is 0.639. The highest BCUT2D eigenvalue weighted by Gasteiger charge is 2.53. The molecule has 1 amide bonds. The molecule has 0 aromatic heterocycles. The van der Waals surface area contributed by atoms with Crippen molar-refractivity contribution < 1.29 is 9.53 Å². The molecular weight excluding hydrogens is 442 g/mol. The number of rotatable bonds is 7. The van der Waals surface area contributed by atoms with Crippen molar-refractivity contribution >= 4 is 23.4 Å². The van der Waals surface area contributed by atoms with E-state index in [2.05, 4.69) is 63.6 Å². The van der Waals surface area contributed by atoms with E-state index in [1.807, 2.05) is 6.26 Å². The second-order valence-corrected chi connectivity index (χ2v) is 10.9. The molecule has 2 aromatic carbocycles. The van der Waals surface area contributed by atoms with Crippen molar-refractivity contribution in [3.05, 3.63) is 65.2 Å². The maximum absolute atomic E-state index is 12.5. The highest BCUT2D eigenvalue weighted by molar-refractivity contribution is 7.99. The Hall–Kier alpha value is -2.02. The summed E-state index contributed by atoms with van der Waals surface area (Å²) in [5.41, 5.74) is 5.30. The van der Waals surface area contributed by atoms with Crippen LogP contribution in [-0.2, 0) is 21.5 Å². The summed E-state index contributed by atoms with van der Waals surface area (Å²) >= 11 is 1.56. The topological polar surface area (TPSA) is 44.8 Å². The smallest absolute Gasteiger partial charge is 0.230 e. The lowest BCUT2D eigenvalue weighted by Crippen LogP contribution is -2.50. The van der Waals surface area contributed by atoms with E-state index in [1.165, 1.54) is 48.3 Å². The molecule has 1 N–H and O–H groups in total. The normalized spacial score (nSPS) is 23.9. The number of hydrogen-bond acceptors (Lipinski definition) is 5. The Morgan fingerprint density at radius 3 is 2.44 bits per heavy atom. The number of amides is 1. The minimum absolute atomic E-state index is 0.0300. The first-order chi connectivity index (χ1) is 16.6. The minimum atomic E-state index is -0.0782.